The van der Waals surface area contributed by atoms with Crippen molar-refractivity contribution in [3.05, 3.63) is 54.0 Å². The second-order valence-electron chi connectivity index (χ2n) is 8.18. The van der Waals surface area contributed by atoms with Gasteiger partial charge in [0.2, 0.25) is 0 Å². The zero-order valence-corrected chi connectivity index (χ0v) is 17.5. The highest BCUT2D eigenvalue weighted by Crippen LogP contribution is 2.31. The molecule has 6 nitrogen and oxygen atoms in total. The van der Waals surface area contributed by atoms with E-state index < -0.39 is 5.60 Å². The molecule has 3 rings (SSSR count). The van der Waals surface area contributed by atoms with Crippen LogP contribution in [0, 0.1) is 0 Å². The first kappa shape index (κ1) is 21.0. The smallest absolute Gasteiger partial charge is 0.350 e. The van der Waals surface area contributed by atoms with E-state index in [1.54, 1.807) is 26.0 Å². The van der Waals surface area contributed by atoms with Gasteiger partial charge in [-0.1, -0.05) is 12.1 Å². The molecule has 2 aromatic rings. The standard InChI is InChI=1S/C23H29NO5/c1-16(2)28-22(26)23(3,4)29-19-8-5-7-18(15-19)17-10-12-24(13-11-17)21(25)20-9-6-14-27-20/h5-9,14-17H,10-13H2,1-4H3. The third-order valence-electron chi connectivity index (χ3n) is 5.05. The zero-order valence-electron chi connectivity index (χ0n) is 17.5. The maximum Gasteiger partial charge on any atom is 0.350 e. The van der Waals surface area contributed by atoms with Gasteiger partial charge in [0.1, 0.15) is 5.75 Å². The van der Waals surface area contributed by atoms with E-state index in [0.29, 0.717) is 30.5 Å². The van der Waals surface area contributed by atoms with Gasteiger partial charge in [-0.25, -0.2) is 4.79 Å². The minimum atomic E-state index is -1.07. The van der Waals surface area contributed by atoms with E-state index in [1.807, 2.05) is 36.9 Å². The van der Waals surface area contributed by atoms with E-state index in [-0.39, 0.29) is 18.0 Å². The van der Waals surface area contributed by atoms with Crippen molar-refractivity contribution >= 4 is 11.9 Å². The number of benzene rings is 1. The largest absolute Gasteiger partial charge is 0.476 e. The topological polar surface area (TPSA) is 69.0 Å². The van der Waals surface area contributed by atoms with Crippen LogP contribution in [0.25, 0.3) is 0 Å². The summed E-state index contributed by atoms with van der Waals surface area (Å²) >= 11 is 0. The molecule has 2 heterocycles. The van der Waals surface area contributed by atoms with Gasteiger partial charge in [-0.15, -0.1) is 0 Å². The third-order valence-corrected chi connectivity index (χ3v) is 5.05. The minimum absolute atomic E-state index is 0.0593. The number of carbonyl (C=O) groups is 2. The van der Waals surface area contributed by atoms with Crippen molar-refractivity contribution in [1.82, 2.24) is 4.90 Å². The summed E-state index contributed by atoms with van der Waals surface area (Å²) in [7, 11) is 0. The van der Waals surface area contributed by atoms with Crippen molar-refractivity contribution in [1.29, 1.82) is 0 Å². The Morgan fingerprint density at radius 3 is 2.48 bits per heavy atom. The lowest BCUT2D eigenvalue weighted by atomic mass is 9.89. The quantitative estimate of drug-likeness (QED) is 0.673. The molecule has 0 N–H and O–H groups in total. The number of furan rings is 1. The third kappa shape index (κ3) is 5.19. The van der Waals surface area contributed by atoms with Gasteiger partial charge in [0, 0.05) is 13.1 Å². The van der Waals surface area contributed by atoms with E-state index in [9.17, 15) is 9.59 Å². The Kier molecular flexibility index (Phi) is 6.30. The molecule has 1 aliphatic heterocycles. The fourth-order valence-corrected chi connectivity index (χ4v) is 3.50. The van der Waals surface area contributed by atoms with Crippen LogP contribution in [0.15, 0.2) is 47.1 Å². The average Bonchev–Trinajstić information content (AvgIpc) is 3.22. The molecule has 0 atom stereocenters. The second-order valence-corrected chi connectivity index (χ2v) is 8.18. The van der Waals surface area contributed by atoms with E-state index >= 15 is 0 Å². The summed E-state index contributed by atoms with van der Waals surface area (Å²) in [6, 6.07) is 11.3. The predicted octanol–water partition coefficient (Wildman–Crippen LogP) is 4.41. The van der Waals surface area contributed by atoms with Crippen LogP contribution in [0.1, 0.15) is 62.6 Å². The van der Waals surface area contributed by atoms with Crippen LogP contribution in [0.2, 0.25) is 0 Å². The van der Waals surface area contributed by atoms with E-state index in [4.69, 9.17) is 13.9 Å². The van der Waals surface area contributed by atoms with Crippen molar-refractivity contribution in [2.75, 3.05) is 13.1 Å². The number of rotatable bonds is 6. The molecular weight excluding hydrogens is 370 g/mol. The fourth-order valence-electron chi connectivity index (χ4n) is 3.50. The Morgan fingerprint density at radius 1 is 1.14 bits per heavy atom. The van der Waals surface area contributed by atoms with Gasteiger partial charge in [-0.2, -0.15) is 0 Å². The number of amides is 1. The molecule has 0 spiro atoms. The molecule has 29 heavy (non-hydrogen) atoms. The number of carbonyl (C=O) groups excluding carboxylic acids is 2. The highest BCUT2D eigenvalue weighted by atomic mass is 16.6. The lowest BCUT2D eigenvalue weighted by Gasteiger charge is -2.32. The molecule has 0 bridgehead atoms. The summed E-state index contributed by atoms with van der Waals surface area (Å²) < 4.78 is 16.5. The van der Waals surface area contributed by atoms with Crippen LogP contribution in [-0.4, -0.2) is 41.6 Å². The molecule has 1 aliphatic rings. The number of likely N-dealkylation sites (tertiary alicyclic amines) is 1. The summed E-state index contributed by atoms with van der Waals surface area (Å²) in [5, 5.41) is 0. The van der Waals surface area contributed by atoms with Gasteiger partial charge in [-0.05, 0) is 76.3 Å². The molecule has 0 aliphatic carbocycles. The zero-order chi connectivity index (χ0) is 21.0. The number of hydrogen-bond donors (Lipinski definition) is 0. The molecule has 0 unspecified atom stereocenters. The van der Waals surface area contributed by atoms with Crippen LogP contribution in [0.5, 0.6) is 5.75 Å². The minimum Gasteiger partial charge on any atom is -0.476 e. The maximum absolute atomic E-state index is 12.4. The number of hydrogen-bond acceptors (Lipinski definition) is 5. The van der Waals surface area contributed by atoms with Gasteiger partial charge in [-0.3, -0.25) is 4.79 Å². The van der Waals surface area contributed by atoms with Crippen molar-refractivity contribution in [2.24, 2.45) is 0 Å². The molecule has 1 fully saturated rings. The molecule has 1 amide bonds. The molecule has 0 saturated carbocycles. The van der Waals surface area contributed by atoms with Crippen molar-refractivity contribution < 1.29 is 23.5 Å². The van der Waals surface area contributed by atoms with Gasteiger partial charge in [0.05, 0.1) is 12.4 Å². The lowest BCUT2D eigenvalue weighted by molar-refractivity contribution is -0.163. The number of nitrogens with zero attached hydrogens (tertiary/aromatic N) is 1. The van der Waals surface area contributed by atoms with Crippen LogP contribution in [0.3, 0.4) is 0 Å². The summed E-state index contributed by atoms with van der Waals surface area (Å²) in [4.78, 5) is 26.5. The Bertz CT molecular complexity index is 833. The van der Waals surface area contributed by atoms with Crippen molar-refractivity contribution in [2.45, 2.75) is 58.2 Å². The van der Waals surface area contributed by atoms with Gasteiger partial charge >= 0.3 is 5.97 Å². The predicted molar refractivity (Wildman–Crippen MR) is 109 cm³/mol. The van der Waals surface area contributed by atoms with Crippen LogP contribution < -0.4 is 4.74 Å². The fraction of sp³-hybridized carbons (Fsp3) is 0.478. The van der Waals surface area contributed by atoms with Gasteiger partial charge in [0.25, 0.3) is 5.91 Å². The van der Waals surface area contributed by atoms with Crippen LogP contribution in [-0.2, 0) is 9.53 Å². The molecule has 1 aromatic heterocycles. The first-order chi connectivity index (χ1) is 13.8. The van der Waals surface area contributed by atoms with Crippen LogP contribution >= 0.6 is 0 Å². The molecule has 0 radical (unpaired) electrons. The van der Waals surface area contributed by atoms with E-state index in [2.05, 4.69) is 6.07 Å². The Hall–Kier alpha value is -2.76. The maximum atomic E-state index is 12.4. The normalized spacial score (nSPS) is 15.4. The first-order valence-corrected chi connectivity index (χ1v) is 10.1. The SMILES string of the molecule is CC(C)OC(=O)C(C)(C)Oc1cccc(C2CCN(C(=O)c3ccco3)CC2)c1. The van der Waals surface area contributed by atoms with Crippen molar-refractivity contribution in [3.8, 4) is 5.75 Å². The molecule has 6 heteroatoms. The summed E-state index contributed by atoms with van der Waals surface area (Å²) in [6.45, 7) is 8.42. The second kappa shape index (κ2) is 8.72. The molecule has 1 aromatic carbocycles. The summed E-state index contributed by atoms with van der Waals surface area (Å²) in [6.07, 6.45) is 3.07. The number of piperidine rings is 1. The molecule has 156 valence electrons. The molecule has 1 saturated heterocycles. The van der Waals surface area contributed by atoms with E-state index in [1.165, 1.54) is 6.26 Å². The number of ether oxygens (including phenoxy) is 2. The first-order valence-electron chi connectivity index (χ1n) is 10.1. The lowest BCUT2D eigenvalue weighted by Crippen LogP contribution is -2.41. The highest BCUT2D eigenvalue weighted by molar-refractivity contribution is 5.91. The average molecular weight is 399 g/mol. The highest BCUT2D eigenvalue weighted by Gasteiger charge is 2.33. The van der Waals surface area contributed by atoms with Crippen molar-refractivity contribution in [3.63, 3.8) is 0 Å². The van der Waals surface area contributed by atoms with Gasteiger partial charge < -0.3 is 18.8 Å². The van der Waals surface area contributed by atoms with Gasteiger partial charge in [0.15, 0.2) is 11.4 Å². The number of esters is 1. The Balaban J connectivity index is 1.62. The molecular formula is C23H29NO5. The Morgan fingerprint density at radius 2 is 1.86 bits per heavy atom. The Labute approximate surface area is 171 Å². The summed E-state index contributed by atoms with van der Waals surface area (Å²) in [5.41, 5.74) is 0.0856. The van der Waals surface area contributed by atoms with E-state index in [0.717, 1.165) is 18.4 Å². The monoisotopic (exact) mass is 399 g/mol. The summed E-state index contributed by atoms with van der Waals surface area (Å²) in [5.74, 6) is 0.917. The van der Waals surface area contributed by atoms with Crippen LogP contribution in [0.4, 0.5) is 0 Å².